The van der Waals surface area contributed by atoms with Crippen molar-refractivity contribution in [1.82, 2.24) is 20.4 Å². The van der Waals surface area contributed by atoms with E-state index in [1.807, 2.05) is 49.3 Å². The minimum absolute atomic E-state index is 0.0314. The van der Waals surface area contributed by atoms with Crippen molar-refractivity contribution >= 4 is 17.7 Å². The van der Waals surface area contributed by atoms with Gasteiger partial charge in [0.2, 0.25) is 17.7 Å². The molecule has 1 aromatic carbocycles. The van der Waals surface area contributed by atoms with Gasteiger partial charge in [-0.1, -0.05) is 62.4 Å². The summed E-state index contributed by atoms with van der Waals surface area (Å²) in [5.41, 5.74) is 0.891. The van der Waals surface area contributed by atoms with Gasteiger partial charge in [0.05, 0.1) is 18.1 Å². The van der Waals surface area contributed by atoms with Gasteiger partial charge in [-0.2, -0.15) is 0 Å². The van der Waals surface area contributed by atoms with Crippen molar-refractivity contribution in [2.45, 2.75) is 88.5 Å². The molecule has 5 atom stereocenters. The normalized spacial score (nSPS) is 17.0. The third kappa shape index (κ3) is 12.8. The second-order valence-corrected chi connectivity index (χ2v) is 12.0. The summed E-state index contributed by atoms with van der Waals surface area (Å²) in [6, 6.07) is 7.57. The Morgan fingerprint density at radius 3 is 2.19 bits per heavy atom. The van der Waals surface area contributed by atoms with E-state index in [4.69, 9.17) is 12.8 Å². The van der Waals surface area contributed by atoms with E-state index in [-0.39, 0.29) is 31.1 Å². The van der Waals surface area contributed by atoms with Crippen molar-refractivity contribution in [1.29, 1.82) is 0 Å². The SMILES string of the molecule is C#CC[C@H](NC(=O)C(CC(=O)N(C)CCN(C)C)Cc1ccccc1)C(=O)N[C@@H](CC1CCCCC1)C(O)[C@@H](O)CC#C. The number of hydrogen-bond donors (Lipinski definition) is 4. The molecule has 1 saturated carbocycles. The Labute approximate surface area is 257 Å². The summed E-state index contributed by atoms with van der Waals surface area (Å²) in [7, 11) is 5.56. The molecular weight excluding hydrogens is 544 g/mol. The van der Waals surface area contributed by atoms with Gasteiger partial charge in [-0.25, -0.2) is 0 Å². The topological polar surface area (TPSA) is 122 Å². The average molecular weight is 595 g/mol. The zero-order valence-corrected chi connectivity index (χ0v) is 26.0. The fourth-order valence-electron chi connectivity index (χ4n) is 5.47. The average Bonchev–Trinajstić information content (AvgIpc) is 2.99. The molecule has 0 aromatic heterocycles. The molecule has 0 heterocycles. The fraction of sp³-hybridized carbons (Fsp3) is 0.618. The third-order valence-corrected chi connectivity index (χ3v) is 8.15. The zero-order chi connectivity index (χ0) is 31.8. The van der Waals surface area contributed by atoms with E-state index >= 15 is 0 Å². The van der Waals surface area contributed by atoms with Crippen LogP contribution >= 0.6 is 0 Å². The van der Waals surface area contributed by atoms with Crippen LogP contribution in [-0.2, 0) is 20.8 Å². The lowest BCUT2D eigenvalue weighted by molar-refractivity contribution is -0.136. The summed E-state index contributed by atoms with van der Waals surface area (Å²) in [6.45, 7) is 1.20. The van der Waals surface area contributed by atoms with E-state index in [9.17, 15) is 24.6 Å². The van der Waals surface area contributed by atoms with Gasteiger partial charge in [-0.15, -0.1) is 24.7 Å². The van der Waals surface area contributed by atoms with Crippen LogP contribution in [0.1, 0.15) is 63.4 Å². The van der Waals surface area contributed by atoms with E-state index < -0.39 is 42.0 Å². The number of rotatable bonds is 17. The van der Waals surface area contributed by atoms with Crippen molar-refractivity contribution in [2.75, 3.05) is 34.2 Å². The summed E-state index contributed by atoms with van der Waals surface area (Å²) >= 11 is 0. The molecule has 9 nitrogen and oxygen atoms in total. The van der Waals surface area contributed by atoms with Crippen molar-refractivity contribution in [3.8, 4) is 24.7 Å². The largest absolute Gasteiger partial charge is 0.389 e. The van der Waals surface area contributed by atoms with E-state index in [0.717, 1.165) is 37.7 Å². The first-order chi connectivity index (χ1) is 20.5. The Balaban J connectivity index is 2.20. The van der Waals surface area contributed by atoms with Crippen LogP contribution in [0.15, 0.2) is 30.3 Å². The molecule has 2 rings (SSSR count). The highest BCUT2D eigenvalue weighted by Crippen LogP contribution is 2.28. The molecule has 0 bridgehead atoms. The standard InChI is InChI=1S/C34H50N4O5/c1-6-14-28(34(43)36-29(32(41)30(39)15-7-2)23-26-18-12-9-13-19-26)35-33(42)27(22-25-16-10-8-11-17-25)24-31(40)38(5)21-20-37(3)4/h1-2,8,10-11,16-17,26-30,32,39,41H,9,12-15,18-24H2,3-5H3,(H,35,42)(H,36,43)/t27?,28-,29-,30-,32?/m0/s1. The molecule has 0 saturated heterocycles. The summed E-state index contributed by atoms with van der Waals surface area (Å²) < 4.78 is 0. The van der Waals surface area contributed by atoms with Gasteiger partial charge >= 0.3 is 0 Å². The highest BCUT2D eigenvalue weighted by atomic mass is 16.3. The molecular formula is C34H50N4O5. The highest BCUT2D eigenvalue weighted by molar-refractivity contribution is 5.91. The monoisotopic (exact) mass is 594 g/mol. The number of aliphatic hydroxyl groups is 2. The molecule has 0 spiro atoms. The van der Waals surface area contributed by atoms with Gasteiger partial charge in [-0.05, 0) is 38.4 Å². The van der Waals surface area contributed by atoms with Crippen LogP contribution in [0, 0.1) is 36.5 Å². The zero-order valence-electron chi connectivity index (χ0n) is 26.0. The van der Waals surface area contributed by atoms with Crippen LogP contribution in [0.2, 0.25) is 0 Å². The Kier molecular flexibility index (Phi) is 15.8. The number of benzene rings is 1. The first-order valence-electron chi connectivity index (χ1n) is 15.3. The number of hydrogen-bond acceptors (Lipinski definition) is 6. The van der Waals surface area contributed by atoms with Crippen LogP contribution in [-0.4, -0.2) is 96.3 Å². The van der Waals surface area contributed by atoms with Crippen molar-refractivity contribution in [3.63, 3.8) is 0 Å². The number of nitrogens with zero attached hydrogens (tertiary/aromatic N) is 2. The fourth-order valence-corrected chi connectivity index (χ4v) is 5.47. The molecule has 0 radical (unpaired) electrons. The summed E-state index contributed by atoms with van der Waals surface area (Å²) in [5, 5.41) is 27.0. The maximum absolute atomic E-state index is 13.6. The van der Waals surface area contributed by atoms with Crippen molar-refractivity contribution in [3.05, 3.63) is 35.9 Å². The number of aliphatic hydroxyl groups excluding tert-OH is 2. The first-order valence-corrected chi connectivity index (χ1v) is 15.3. The van der Waals surface area contributed by atoms with Crippen molar-refractivity contribution < 1.29 is 24.6 Å². The maximum Gasteiger partial charge on any atom is 0.243 e. The Bertz CT molecular complexity index is 1090. The minimum atomic E-state index is -1.27. The van der Waals surface area contributed by atoms with Gasteiger partial charge in [-0.3, -0.25) is 14.4 Å². The van der Waals surface area contributed by atoms with Crippen LogP contribution in [0.3, 0.4) is 0 Å². The molecule has 236 valence electrons. The number of carbonyl (C=O) groups is 3. The number of nitrogens with one attached hydrogen (secondary N) is 2. The van der Waals surface area contributed by atoms with E-state index in [2.05, 4.69) is 22.5 Å². The molecule has 1 fully saturated rings. The second kappa shape index (κ2) is 19.0. The molecule has 1 aliphatic rings. The smallest absolute Gasteiger partial charge is 0.243 e. The Morgan fingerprint density at radius 2 is 1.58 bits per heavy atom. The lowest BCUT2D eigenvalue weighted by atomic mass is 9.82. The molecule has 0 aliphatic heterocycles. The molecule has 3 amide bonds. The number of likely N-dealkylation sites (N-methyl/N-ethyl adjacent to an activating group) is 2. The molecule has 4 N–H and O–H groups in total. The lowest BCUT2D eigenvalue weighted by Crippen LogP contribution is -2.55. The second-order valence-electron chi connectivity index (χ2n) is 12.0. The summed E-state index contributed by atoms with van der Waals surface area (Å²) in [6.07, 6.45) is 14.4. The summed E-state index contributed by atoms with van der Waals surface area (Å²) in [4.78, 5) is 43.8. The lowest BCUT2D eigenvalue weighted by Gasteiger charge is -2.33. The van der Waals surface area contributed by atoms with E-state index in [1.54, 1.807) is 11.9 Å². The Hall–Kier alpha value is -3.37. The Morgan fingerprint density at radius 1 is 0.930 bits per heavy atom. The van der Waals surface area contributed by atoms with E-state index in [1.165, 1.54) is 0 Å². The third-order valence-electron chi connectivity index (χ3n) is 8.15. The predicted molar refractivity (Wildman–Crippen MR) is 168 cm³/mol. The van der Waals surface area contributed by atoms with Crippen LogP contribution in [0.5, 0.6) is 0 Å². The van der Waals surface area contributed by atoms with Crippen LogP contribution in [0.4, 0.5) is 0 Å². The highest BCUT2D eigenvalue weighted by Gasteiger charge is 2.33. The minimum Gasteiger partial charge on any atom is -0.389 e. The van der Waals surface area contributed by atoms with Gasteiger partial charge in [0.15, 0.2) is 0 Å². The molecule has 43 heavy (non-hydrogen) atoms. The molecule has 9 heteroatoms. The predicted octanol–water partition coefficient (Wildman–Crippen LogP) is 1.96. The van der Waals surface area contributed by atoms with Gasteiger partial charge in [0.1, 0.15) is 12.1 Å². The van der Waals surface area contributed by atoms with Crippen LogP contribution < -0.4 is 10.6 Å². The van der Waals surface area contributed by atoms with Crippen LogP contribution in [0.25, 0.3) is 0 Å². The number of amides is 3. The quantitative estimate of drug-likeness (QED) is 0.205. The van der Waals surface area contributed by atoms with Crippen molar-refractivity contribution in [2.24, 2.45) is 11.8 Å². The molecule has 1 aromatic rings. The first kappa shape index (κ1) is 35.8. The summed E-state index contributed by atoms with van der Waals surface area (Å²) in [5.74, 6) is 3.21. The van der Waals surface area contributed by atoms with Gasteiger partial charge in [0.25, 0.3) is 0 Å². The maximum atomic E-state index is 13.6. The molecule has 1 aliphatic carbocycles. The van der Waals surface area contributed by atoms with Gasteiger partial charge < -0.3 is 30.6 Å². The molecule has 2 unspecified atom stereocenters. The number of carbonyl (C=O) groups excluding carboxylic acids is 3. The van der Waals surface area contributed by atoms with E-state index in [0.29, 0.717) is 25.9 Å². The van der Waals surface area contributed by atoms with Gasteiger partial charge in [0, 0.05) is 39.4 Å². The number of terminal acetylenes is 2.